The summed E-state index contributed by atoms with van der Waals surface area (Å²) in [6.07, 6.45) is 9.61. The van der Waals surface area contributed by atoms with Crippen LogP contribution in [-0.2, 0) is 37.3 Å². The van der Waals surface area contributed by atoms with E-state index in [2.05, 4.69) is 181 Å². The predicted molar refractivity (Wildman–Crippen MR) is 224 cm³/mol. The number of fused-ring (bicyclic) bond motifs is 3. The Balaban J connectivity index is 0.00000480. The van der Waals surface area contributed by atoms with Gasteiger partial charge in [-0.1, -0.05) is 122 Å². The minimum absolute atomic E-state index is 0. The fourth-order valence-electron chi connectivity index (χ4n) is 7.27. The number of imidazole rings is 1. The molecule has 0 unspecified atom stereocenters. The molecule has 0 bridgehead atoms. The minimum Gasteiger partial charge on any atom is -0.510 e. The van der Waals surface area contributed by atoms with Crippen molar-refractivity contribution in [1.82, 2.24) is 14.1 Å². The fraction of sp³-hybridized carbons (Fsp3) is 0.240. The van der Waals surface area contributed by atoms with Crippen LogP contribution in [0.2, 0.25) is 0 Å². The topological polar surface area (TPSA) is 35.9 Å². The summed E-state index contributed by atoms with van der Waals surface area (Å²) in [4.78, 5) is 4.82. The molecule has 5 aromatic carbocycles. The third-order valence-electron chi connectivity index (χ3n) is 10.3. The van der Waals surface area contributed by atoms with Crippen LogP contribution < -0.4 is 9.30 Å². The van der Waals surface area contributed by atoms with Crippen LogP contribution >= 0.6 is 0 Å². The van der Waals surface area contributed by atoms with Crippen LogP contribution in [0.15, 0.2) is 128 Å². The Kier molecular flexibility index (Phi) is 10.2. The molecule has 0 fully saturated rings. The molecule has 0 aliphatic rings. The molecule has 0 saturated heterocycles. The standard InChI is InChI=1S/C50H48N4O.Pt/c1-48(2,3)35-24-25-51-46(30-35)54-43-21-14-13-20-40(43)41-23-22-39(32-44(41)54)55-38-19-15-18-37(31-38)52-26-27-53(33-52)45-29-36(49(4,5)6)28-42(50(7,8)9)47(45)34-16-11-10-12-17-34;/h10-30H,1-9H3;/q-2;. The van der Waals surface area contributed by atoms with E-state index in [0.29, 0.717) is 11.5 Å². The molecule has 3 aromatic heterocycles. The molecule has 0 atom stereocenters. The summed E-state index contributed by atoms with van der Waals surface area (Å²) in [6.45, 7) is 20.4. The van der Waals surface area contributed by atoms with Gasteiger partial charge in [-0.05, 0) is 79.4 Å². The van der Waals surface area contributed by atoms with Gasteiger partial charge in [-0.3, -0.25) is 4.57 Å². The summed E-state index contributed by atoms with van der Waals surface area (Å²) >= 11 is 0. The van der Waals surface area contributed by atoms with Crippen molar-refractivity contribution in [1.29, 1.82) is 0 Å². The molecular weight excluding hydrogens is 868 g/mol. The Morgan fingerprint density at radius 3 is 2.09 bits per heavy atom. The molecule has 3 heterocycles. The first-order valence-electron chi connectivity index (χ1n) is 19.1. The monoisotopic (exact) mass is 915 g/mol. The summed E-state index contributed by atoms with van der Waals surface area (Å²) in [5.74, 6) is 2.05. The van der Waals surface area contributed by atoms with E-state index in [4.69, 9.17) is 9.72 Å². The van der Waals surface area contributed by atoms with Gasteiger partial charge in [0, 0.05) is 56.7 Å². The number of hydrogen-bond acceptors (Lipinski definition) is 2. The molecule has 0 spiro atoms. The molecule has 0 amide bonds. The SMILES string of the molecule is CC(C)(C)c1ccnc(-n2c3[c-]c(Oc4[c-]c(-n5[c-][n+](-c6cc(C(C)(C)C)cc(C(C)(C)C)c6-c6ccccc6)cc5)ccc4)ccc3c3ccccc32)c1.[Pt]. The quantitative estimate of drug-likeness (QED) is 0.123. The van der Waals surface area contributed by atoms with Crippen molar-refractivity contribution >= 4 is 21.8 Å². The van der Waals surface area contributed by atoms with E-state index >= 15 is 0 Å². The molecule has 0 radical (unpaired) electrons. The van der Waals surface area contributed by atoms with E-state index in [1.807, 2.05) is 41.2 Å². The maximum absolute atomic E-state index is 6.51. The van der Waals surface area contributed by atoms with Crippen LogP contribution in [0, 0.1) is 18.5 Å². The number of nitrogens with zero attached hydrogens (tertiary/aromatic N) is 4. The van der Waals surface area contributed by atoms with Crippen molar-refractivity contribution in [2.75, 3.05) is 0 Å². The predicted octanol–water partition coefficient (Wildman–Crippen LogP) is 12.0. The van der Waals surface area contributed by atoms with Crippen LogP contribution in [-0.4, -0.2) is 14.1 Å². The average Bonchev–Trinajstić information content (AvgIpc) is 3.77. The van der Waals surface area contributed by atoms with Gasteiger partial charge in [0.05, 0.1) is 5.69 Å². The zero-order valence-corrected chi connectivity index (χ0v) is 35.9. The summed E-state index contributed by atoms with van der Waals surface area (Å²) in [5.41, 5.74) is 9.98. The maximum atomic E-state index is 6.51. The molecule has 0 aliphatic heterocycles. The zero-order valence-electron chi connectivity index (χ0n) is 33.6. The van der Waals surface area contributed by atoms with Gasteiger partial charge >= 0.3 is 0 Å². The second-order valence-corrected chi connectivity index (χ2v) is 17.5. The first-order chi connectivity index (χ1) is 26.1. The average molecular weight is 916 g/mol. The van der Waals surface area contributed by atoms with Gasteiger partial charge in [0.1, 0.15) is 5.82 Å². The largest absolute Gasteiger partial charge is 0.510 e. The molecule has 0 N–H and O–H groups in total. The molecule has 286 valence electrons. The number of hydrogen-bond donors (Lipinski definition) is 0. The number of aromatic nitrogens is 4. The number of benzene rings is 5. The van der Waals surface area contributed by atoms with Crippen LogP contribution in [0.5, 0.6) is 11.5 Å². The van der Waals surface area contributed by atoms with Crippen molar-refractivity contribution in [3.8, 4) is 39.8 Å². The Morgan fingerprint density at radius 2 is 1.36 bits per heavy atom. The molecule has 6 heteroatoms. The van der Waals surface area contributed by atoms with E-state index in [-0.39, 0.29) is 37.3 Å². The normalized spacial score (nSPS) is 12.2. The minimum atomic E-state index is -0.0782. The van der Waals surface area contributed by atoms with Crippen LogP contribution in [0.1, 0.15) is 79.0 Å². The number of ether oxygens (including phenoxy) is 1. The summed E-state index contributed by atoms with van der Waals surface area (Å²) in [6, 6.07) is 45.2. The molecule has 0 saturated carbocycles. The van der Waals surface area contributed by atoms with Crippen molar-refractivity contribution < 1.29 is 30.4 Å². The molecule has 56 heavy (non-hydrogen) atoms. The first kappa shape index (κ1) is 39.0. The Hall–Kier alpha value is -5.25. The molecule has 8 rings (SSSR count). The van der Waals surface area contributed by atoms with Crippen LogP contribution in [0.25, 0.3) is 50.1 Å². The number of rotatable bonds is 6. The third kappa shape index (κ3) is 7.50. The van der Waals surface area contributed by atoms with Gasteiger partial charge in [-0.2, -0.15) is 18.2 Å². The zero-order chi connectivity index (χ0) is 38.7. The summed E-state index contributed by atoms with van der Waals surface area (Å²) in [7, 11) is 0. The summed E-state index contributed by atoms with van der Waals surface area (Å²) in [5, 5.41) is 2.24. The molecule has 8 aromatic rings. The van der Waals surface area contributed by atoms with E-state index in [0.717, 1.165) is 39.0 Å². The Bertz CT molecular complexity index is 2680. The van der Waals surface area contributed by atoms with Crippen molar-refractivity contribution in [2.45, 2.75) is 78.6 Å². The first-order valence-corrected chi connectivity index (χ1v) is 19.1. The smallest absolute Gasteiger partial charge is 0.267 e. The van der Waals surface area contributed by atoms with Gasteiger partial charge in [-0.25, -0.2) is 4.98 Å². The van der Waals surface area contributed by atoms with Crippen LogP contribution in [0.3, 0.4) is 0 Å². The van der Waals surface area contributed by atoms with E-state index in [9.17, 15) is 0 Å². The van der Waals surface area contributed by atoms with Gasteiger partial charge in [0.2, 0.25) is 0 Å². The summed E-state index contributed by atoms with van der Waals surface area (Å²) < 4.78 is 12.8. The number of para-hydroxylation sites is 1. The maximum Gasteiger partial charge on any atom is 0.267 e. The van der Waals surface area contributed by atoms with Gasteiger partial charge in [0.25, 0.3) is 6.33 Å². The van der Waals surface area contributed by atoms with E-state index in [1.54, 1.807) is 0 Å². The fourth-order valence-corrected chi connectivity index (χ4v) is 7.27. The Labute approximate surface area is 345 Å². The molecule has 0 aliphatic carbocycles. The van der Waals surface area contributed by atoms with Gasteiger partial charge in [-0.15, -0.1) is 29.7 Å². The second kappa shape index (κ2) is 14.7. The van der Waals surface area contributed by atoms with Crippen molar-refractivity contribution in [3.05, 3.63) is 163 Å². The number of pyridine rings is 1. The van der Waals surface area contributed by atoms with Gasteiger partial charge in [0.15, 0.2) is 0 Å². The second-order valence-electron chi connectivity index (χ2n) is 17.5. The van der Waals surface area contributed by atoms with Crippen molar-refractivity contribution in [2.24, 2.45) is 0 Å². The molecule has 5 nitrogen and oxygen atoms in total. The van der Waals surface area contributed by atoms with Gasteiger partial charge < -0.3 is 13.9 Å². The Morgan fingerprint density at radius 1 is 0.643 bits per heavy atom. The van der Waals surface area contributed by atoms with E-state index < -0.39 is 0 Å². The van der Waals surface area contributed by atoms with E-state index in [1.165, 1.54) is 27.8 Å². The van der Waals surface area contributed by atoms with Crippen LogP contribution in [0.4, 0.5) is 0 Å². The van der Waals surface area contributed by atoms with Crippen molar-refractivity contribution in [3.63, 3.8) is 0 Å². The third-order valence-corrected chi connectivity index (χ3v) is 10.3. The molecular formula is C50H48N4OPt-2.